The Balaban J connectivity index is 1.90. The van der Waals surface area contributed by atoms with Crippen LogP contribution in [0, 0.1) is 6.92 Å². The monoisotopic (exact) mass is 285 g/mol. The van der Waals surface area contributed by atoms with Crippen molar-refractivity contribution in [2.45, 2.75) is 39.2 Å². The Morgan fingerprint density at radius 1 is 1.43 bits per heavy atom. The average molecular weight is 285 g/mol. The lowest BCUT2D eigenvalue weighted by molar-refractivity contribution is -0.131. The number of carbonyl (C=O) groups is 1. The van der Waals surface area contributed by atoms with Gasteiger partial charge in [0, 0.05) is 24.9 Å². The van der Waals surface area contributed by atoms with Crippen molar-refractivity contribution in [3.8, 4) is 11.5 Å². The van der Waals surface area contributed by atoms with Crippen LogP contribution in [0.1, 0.15) is 43.6 Å². The van der Waals surface area contributed by atoms with Crippen LogP contribution < -0.4 is 0 Å². The number of aryl methyl sites for hydroxylation is 1. The van der Waals surface area contributed by atoms with Crippen LogP contribution in [0.3, 0.4) is 0 Å². The lowest BCUT2D eigenvalue weighted by atomic mass is 10.1. The summed E-state index contributed by atoms with van der Waals surface area (Å²) in [5.74, 6) is 0.895. The van der Waals surface area contributed by atoms with Crippen LogP contribution >= 0.6 is 0 Å². The Labute approximate surface area is 123 Å². The first-order chi connectivity index (χ1) is 10.2. The number of hydrogen-bond donors (Lipinski definition) is 1. The molecule has 0 saturated carbocycles. The van der Waals surface area contributed by atoms with Gasteiger partial charge in [-0.15, -0.1) is 0 Å². The van der Waals surface area contributed by atoms with E-state index in [2.05, 4.69) is 19.9 Å². The summed E-state index contributed by atoms with van der Waals surface area (Å²) >= 11 is 0. The van der Waals surface area contributed by atoms with Crippen molar-refractivity contribution in [2.24, 2.45) is 0 Å². The topological polar surface area (TPSA) is 74.8 Å². The van der Waals surface area contributed by atoms with Gasteiger partial charge in [-0.25, -0.2) is 9.97 Å². The zero-order valence-electron chi connectivity index (χ0n) is 12.3. The number of nitrogens with one attached hydrogen (secondary N) is 1. The fraction of sp³-hybridized carbons (Fsp3) is 0.467. The Hall–Kier alpha value is -2.24. The van der Waals surface area contributed by atoms with Gasteiger partial charge >= 0.3 is 0 Å². The van der Waals surface area contributed by atoms with E-state index in [4.69, 9.17) is 0 Å². The van der Waals surface area contributed by atoms with E-state index in [9.17, 15) is 4.79 Å². The maximum atomic E-state index is 12.0. The fourth-order valence-corrected chi connectivity index (χ4v) is 2.77. The van der Waals surface area contributed by atoms with Gasteiger partial charge in [0.2, 0.25) is 5.91 Å². The highest BCUT2D eigenvalue weighted by molar-refractivity contribution is 5.76. The molecule has 110 valence electrons. The number of hydrogen-bond acceptors (Lipinski definition) is 4. The number of rotatable bonds is 3. The molecular weight excluding hydrogens is 266 g/mol. The highest BCUT2D eigenvalue weighted by Gasteiger charge is 2.30. The molecule has 0 spiro atoms. The van der Waals surface area contributed by atoms with E-state index in [1.54, 1.807) is 18.6 Å². The third-order valence-electron chi connectivity index (χ3n) is 3.82. The molecule has 3 rings (SSSR count). The molecule has 0 aliphatic carbocycles. The van der Waals surface area contributed by atoms with Crippen molar-refractivity contribution in [1.82, 2.24) is 24.8 Å². The number of nitrogens with zero attached hydrogens (tertiary/aromatic N) is 4. The first-order valence-corrected chi connectivity index (χ1v) is 7.32. The molecule has 1 fully saturated rings. The number of carbonyl (C=O) groups excluding carboxylic acids is 1. The highest BCUT2D eigenvalue weighted by Crippen LogP contribution is 2.31. The Kier molecular flexibility index (Phi) is 3.68. The van der Waals surface area contributed by atoms with Crippen molar-refractivity contribution < 1.29 is 4.79 Å². The molecule has 6 nitrogen and oxygen atoms in total. The number of aromatic amines is 1. The highest BCUT2D eigenvalue weighted by atomic mass is 16.2. The smallest absolute Gasteiger partial charge is 0.222 e. The number of aromatic nitrogens is 4. The van der Waals surface area contributed by atoms with Crippen LogP contribution in [0.15, 0.2) is 18.6 Å². The summed E-state index contributed by atoms with van der Waals surface area (Å²) in [5.41, 5.74) is 2.55. The summed E-state index contributed by atoms with van der Waals surface area (Å²) in [7, 11) is 0. The van der Waals surface area contributed by atoms with E-state index in [0.717, 1.165) is 36.5 Å². The lowest BCUT2D eigenvalue weighted by Gasteiger charge is -2.23. The minimum absolute atomic E-state index is 0.0426. The molecule has 1 atom stereocenters. The van der Waals surface area contributed by atoms with Gasteiger partial charge in [0.25, 0.3) is 0 Å². The minimum atomic E-state index is 0.0426. The second-order valence-electron chi connectivity index (χ2n) is 5.34. The summed E-state index contributed by atoms with van der Waals surface area (Å²) in [6.45, 7) is 4.65. The fourth-order valence-electron chi connectivity index (χ4n) is 2.77. The van der Waals surface area contributed by atoms with Crippen LogP contribution in [0.2, 0.25) is 0 Å². The van der Waals surface area contributed by atoms with Crippen molar-refractivity contribution in [3.05, 3.63) is 30.0 Å². The number of likely N-dealkylation sites (tertiary alicyclic amines) is 1. The van der Waals surface area contributed by atoms with Crippen LogP contribution in [0.25, 0.3) is 11.5 Å². The molecule has 1 aliphatic heterocycles. The first kappa shape index (κ1) is 13.7. The summed E-state index contributed by atoms with van der Waals surface area (Å²) < 4.78 is 0. The quantitative estimate of drug-likeness (QED) is 0.938. The second kappa shape index (κ2) is 5.63. The van der Waals surface area contributed by atoms with E-state index < -0.39 is 0 Å². The molecule has 0 bridgehead atoms. The summed E-state index contributed by atoms with van der Waals surface area (Å²) in [6, 6.07) is 0.0426. The van der Waals surface area contributed by atoms with Gasteiger partial charge < -0.3 is 9.88 Å². The van der Waals surface area contributed by atoms with E-state index in [1.807, 2.05) is 18.7 Å². The molecule has 0 radical (unpaired) electrons. The van der Waals surface area contributed by atoms with Crippen LogP contribution in [0.4, 0.5) is 0 Å². The van der Waals surface area contributed by atoms with Crippen molar-refractivity contribution in [1.29, 1.82) is 0 Å². The standard InChI is InChI=1S/C15H19N5O/c1-3-14(21)20-6-4-5-13(20)11-8-16-9-12(19-11)15-17-7-10(2)18-15/h7-9,13H,3-6H2,1-2H3,(H,17,18). The Bertz CT molecular complexity index is 651. The van der Waals surface area contributed by atoms with Gasteiger partial charge in [0.1, 0.15) is 5.69 Å². The SMILES string of the molecule is CCC(=O)N1CCCC1c1cncc(-c2ncc(C)[nH]2)n1. The van der Waals surface area contributed by atoms with Crippen LogP contribution in [-0.4, -0.2) is 37.3 Å². The molecule has 1 aliphatic rings. The molecule has 6 heteroatoms. The van der Waals surface area contributed by atoms with Gasteiger partial charge in [-0.2, -0.15) is 0 Å². The number of imidazole rings is 1. The van der Waals surface area contributed by atoms with E-state index >= 15 is 0 Å². The van der Waals surface area contributed by atoms with Gasteiger partial charge in [-0.3, -0.25) is 9.78 Å². The van der Waals surface area contributed by atoms with Gasteiger partial charge in [0.05, 0.1) is 24.1 Å². The molecule has 3 heterocycles. The third kappa shape index (κ3) is 2.66. The molecule has 2 aromatic rings. The normalized spacial score (nSPS) is 18.2. The molecule has 21 heavy (non-hydrogen) atoms. The average Bonchev–Trinajstić information content (AvgIpc) is 3.15. The maximum absolute atomic E-state index is 12.0. The molecule has 2 aromatic heterocycles. The number of H-pyrrole nitrogens is 1. The lowest BCUT2D eigenvalue weighted by Crippen LogP contribution is -2.30. The predicted octanol–water partition coefficient (Wildman–Crippen LogP) is 2.25. The maximum Gasteiger partial charge on any atom is 0.222 e. The summed E-state index contributed by atoms with van der Waals surface area (Å²) in [6.07, 6.45) is 7.71. The zero-order chi connectivity index (χ0) is 14.8. The molecule has 0 aromatic carbocycles. The molecule has 1 amide bonds. The third-order valence-corrected chi connectivity index (χ3v) is 3.82. The van der Waals surface area contributed by atoms with E-state index in [-0.39, 0.29) is 11.9 Å². The summed E-state index contributed by atoms with van der Waals surface area (Å²) in [5, 5.41) is 0. The van der Waals surface area contributed by atoms with Gasteiger partial charge in [-0.05, 0) is 19.8 Å². The second-order valence-corrected chi connectivity index (χ2v) is 5.34. The summed E-state index contributed by atoms with van der Waals surface area (Å²) in [4.78, 5) is 30.3. The van der Waals surface area contributed by atoms with Crippen molar-refractivity contribution in [3.63, 3.8) is 0 Å². The predicted molar refractivity (Wildman–Crippen MR) is 78.3 cm³/mol. The van der Waals surface area contributed by atoms with Crippen molar-refractivity contribution >= 4 is 5.91 Å². The number of amides is 1. The van der Waals surface area contributed by atoms with Gasteiger partial charge in [-0.1, -0.05) is 6.92 Å². The molecule has 1 unspecified atom stereocenters. The van der Waals surface area contributed by atoms with Crippen LogP contribution in [-0.2, 0) is 4.79 Å². The van der Waals surface area contributed by atoms with E-state index in [0.29, 0.717) is 12.2 Å². The zero-order valence-corrected chi connectivity index (χ0v) is 12.3. The van der Waals surface area contributed by atoms with Crippen LogP contribution in [0.5, 0.6) is 0 Å². The Morgan fingerprint density at radius 2 is 2.29 bits per heavy atom. The molecule has 1 N–H and O–H groups in total. The first-order valence-electron chi connectivity index (χ1n) is 7.32. The molecule has 1 saturated heterocycles. The van der Waals surface area contributed by atoms with Gasteiger partial charge in [0.15, 0.2) is 5.82 Å². The van der Waals surface area contributed by atoms with E-state index in [1.165, 1.54) is 0 Å². The minimum Gasteiger partial charge on any atom is -0.341 e. The molecular formula is C15H19N5O. The Morgan fingerprint density at radius 3 is 3.00 bits per heavy atom. The largest absolute Gasteiger partial charge is 0.341 e. The van der Waals surface area contributed by atoms with Crippen molar-refractivity contribution in [2.75, 3.05) is 6.54 Å².